The van der Waals surface area contributed by atoms with Gasteiger partial charge in [0.1, 0.15) is 23.7 Å². The number of likely N-dealkylation sites (tertiary alicyclic amines) is 1. The van der Waals surface area contributed by atoms with E-state index in [0.717, 1.165) is 35.5 Å². The molecule has 0 radical (unpaired) electrons. The summed E-state index contributed by atoms with van der Waals surface area (Å²) in [7, 11) is 1.65. The Kier molecular flexibility index (Phi) is 7.19. The van der Waals surface area contributed by atoms with Crippen molar-refractivity contribution in [3.63, 3.8) is 0 Å². The molecule has 192 valence electrons. The first-order valence-electron chi connectivity index (χ1n) is 12.4. The third-order valence-electron chi connectivity index (χ3n) is 7.69. The third-order valence-corrected chi connectivity index (χ3v) is 7.69. The van der Waals surface area contributed by atoms with Crippen LogP contribution >= 0.6 is 0 Å². The molecule has 1 unspecified atom stereocenters. The van der Waals surface area contributed by atoms with Crippen molar-refractivity contribution < 1.29 is 13.5 Å². The van der Waals surface area contributed by atoms with E-state index >= 15 is 0 Å². The van der Waals surface area contributed by atoms with Crippen LogP contribution in [0.5, 0.6) is 5.75 Å². The second-order valence-electron chi connectivity index (χ2n) is 9.87. The number of hydrogen-bond acceptors (Lipinski definition) is 7. The number of allylic oxidation sites excluding steroid dienone is 1. The predicted octanol–water partition coefficient (Wildman–Crippen LogP) is 5.07. The number of fused-ring (bicyclic) bond motifs is 1. The van der Waals surface area contributed by atoms with Gasteiger partial charge in [-0.3, -0.25) is 4.90 Å². The van der Waals surface area contributed by atoms with Crippen molar-refractivity contribution in [3.05, 3.63) is 45.8 Å². The molecule has 2 N–H and O–H groups in total. The number of nitrogens with zero attached hydrogens (tertiary/aromatic N) is 5. The standard InChI is InChI=1S/C27H34F2N6O/c1-7-17-12-35(27-23(22(17)25(28)29)26(31)32-13-33-27)16(5)20-8-18(9-30)15(4)21(24(20)36-6)19-10-34(11-19)14(2)3/h8,13-14,16,19,25H,7,10-12H2,1-6H3,(H2,31,32,33). The maximum absolute atomic E-state index is 14.2. The number of ether oxygens (including phenoxy) is 1. The lowest BCUT2D eigenvalue weighted by atomic mass is 9.82. The van der Waals surface area contributed by atoms with Gasteiger partial charge in [-0.05, 0) is 51.3 Å². The lowest BCUT2D eigenvalue weighted by Gasteiger charge is -2.44. The van der Waals surface area contributed by atoms with Gasteiger partial charge in [0.2, 0.25) is 0 Å². The van der Waals surface area contributed by atoms with Crippen LogP contribution in [0.25, 0.3) is 5.57 Å². The van der Waals surface area contributed by atoms with Crippen LogP contribution in [0.15, 0.2) is 18.0 Å². The Bertz CT molecular complexity index is 1230. The van der Waals surface area contributed by atoms with Crippen molar-refractivity contribution in [2.45, 2.75) is 65.5 Å². The number of nitrogen functional groups attached to an aromatic ring is 1. The number of hydrogen-bond donors (Lipinski definition) is 1. The molecule has 0 bridgehead atoms. The summed E-state index contributed by atoms with van der Waals surface area (Å²) < 4.78 is 34.3. The van der Waals surface area contributed by atoms with Gasteiger partial charge in [0, 0.05) is 48.3 Å². The van der Waals surface area contributed by atoms with E-state index in [1.54, 1.807) is 7.11 Å². The summed E-state index contributed by atoms with van der Waals surface area (Å²) in [4.78, 5) is 12.8. The van der Waals surface area contributed by atoms with E-state index in [9.17, 15) is 14.0 Å². The van der Waals surface area contributed by atoms with Crippen LogP contribution in [0, 0.1) is 18.3 Å². The highest BCUT2D eigenvalue weighted by atomic mass is 19.3. The fourth-order valence-electron chi connectivity index (χ4n) is 5.52. The fourth-order valence-corrected chi connectivity index (χ4v) is 5.52. The molecule has 9 heteroatoms. The van der Waals surface area contributed by atoms with E-state index in [1.807, 2.05) is 31.7 Å². The van der Waals surface area contributed by atoms with E-state index < -0.39 is 6.43 Å². The molecule has 1 fully saturated rings. The van der Waals surface area contributed by atoms with Gasteiger partial charge in [-0.15, -0.1) is 0 Å². The maximum atomic E-state index is 14.2. The molecule has 7 nitrogen and oxygen atoms in total. The van der Waals surface area contributed by atoms with E-state index in [0.29, 0.717) is 29.4 Å². The average molecular weight is 497 g/mol. The van der Waals surface area contributed by atoms with E-state index in [4.69, 9.17) is 10.5 Å². The molecule has 2 aliphatic rings. The van der Waals surface area contributed by atoms with Gasteiger partial charge in [-0.25, -0.2) is 18.7 Å². The van der Waals surface area contributed by atoms with E-state index in [1.165, 1.54) is 6.33 Å². The second-order valence-corrected chi connectivity index (χ2v) is 9.87. The molecule has 4 rings (SSSR count). The highest BCUT2D eigenvalue weighted by molar-refractivity contribution is 5.87. The molecule has 1 aromatic carbocycles. The first-order chi connectivity index (χ1) is 17.1. The smallest absolute Gasteiger partial charge is 0.264 e. The summed E-state index contributed by atoms with van der Waals surface area (Å²) in [5, 5.41) is 9.96. The molecule has 1 saturated heterocycles. The highest BCUT2D eigenvalue weighted by Gasteiger charge is 2.38. The lowest BCUT2D eigenvalue weighted by molar-refractivity contribution is 0.108. The topological polar surface area (TPSA) is 91.3 Å². The zero-order valence-corrected chi connectivity index (χ0v) is 21.8. The minimum Gasteiger partial charge on any atom is -0.496 e. The Morgan fingerprint density at radius 3 is 2.50 bits per heavy atom. The van der Waals surface area contributed by atoms with Gasteiger partial charge >= 0.3 is 0 Å². The monoisotopic (exact) mass is 496 g/mol. The number of benzene rings is 1. The van der Waals surface area contributed by atoms with Crippen molar-refractivity contribution in [3.8, 4) is 11.8 Å². The second kappa shape index (κ2) is 10.0. The fraction of sp³-hybridized carbons (Fsp3) is 0.519. The molecule has 3 heterocycles. The first-order valence-corrected chi connectivity index (χ1v) is 12.4. The molecule has 2 aliphatic heterocycles. The molecule has 0 saturated carbocycles. The predicted molar refractivity (Wildman–Crippen MR) is 137 cm³/mol. The number of halogens is 2. The number of rotatable bonds is 7. The third kappa shape index (κ3) is 4.17. The summed E-state index contributed by atoms with van der Waals surface area (Å²) in [5.74, 6) is 1.41. The van der Waals surface area contributed by atoms with Gasteiger partial charge in [-0.1, -0.05) is 6.92 Å². The zero-order valence-electron chi connectivity index (χ0n) is 21.8. The molecule has 1 aromatic heterocycles. The number of aromatic nitrogens is 2. The Balaban J connectivity index is 1.85. The molecule has 0 aliphatic carbocycles. The summed E-state index contributed by atoms with van der Waals surface area (Å²) in [5.41, 5.74) is 10.2. The largest absolute Gasteiger partial charge is 0.496 e. The van der Waals surface area contributed by atoms with E-state index in [-0.39, 0.29) is 35.5 Å². The molecule has 1 atom stereocenters. The normalized spacial score (nSPS) is 17.3. The van der Waals surface area contributed by atoms with Crippen molar-refractivity contribution in [2.75, 3.05) is 37.4 Å². The van der Waals surface area contributed by atoms with Gasteiger partial charge in [0.25, 0.3) is 6.43 Å². The number of alkyl halides is 2. The van der Waals surface area contributed by atoms with Crippen molar-refractivity contribution in [1.29, 1.82) is 5.26 Å². The van der Waals surface area contributed by atoms with Crippen LogP contribution < -0.4 is 15.4 Å². The average Bonchev–Trinajstić information content (AvgIpc) is 2.82. The molecule has 2 aromatic rings. The number of nitrogens with two attached hydrogens (primary N) is 1. The summed E-state index contributed by atoms with van der Waals surface area (Å²) in [6.45, 7) is 12.2. The lowest BCUT2D eigenvalue weighted by Crippen LogP contribution is -2.49. The SMILES string of the molecule is CCC1=C(C(F)F)c2c(N)ncnc2N(C(C)c2cc(C#N)c(C)c(C3CN(C(C)C)C3)c2OC)C1. The zero-order chi connectivity index (χ0) is 26.3. The minimum absolute atomic E-state index is 0.0377. The summed E-state index contributed by atoms with van der Waals surface area (Å²) >= 11 is 0. The van der Waals surface area contributed by atoms with Crippen LogP contribution in [-0.4, -0.2) is 54.1 Å². The van der Waals surface area contributed by atoms with Crippen LogP contribution in [0.1, 0.15) is 73.9 Å². The van der Waals surface area contributed by atoms with Crippen molar-refractivity contribution in [2.24, 2.45) is 0 Å². The van der Waals surface area contributed by atoms with Crippen molar-refractivity contribution in [1.82, 2.24) is 14.9 Å². The number of nitriles is 1. The maximum Gasteiger partial charge on any atom is 0.264 e. The quantitative estimate of drug-likeness (QED) is 0.573. The molecule has 0 spiro atoms. The van der Waals surface area contributed by atoms with Crippen LogP contribution in [-0.2, 0) is 0 Å². The molecular weight excluding hydrogens is 462 g/mol. The van der Waals surface area contributed by atoms with Gasteiger partial charge in [-0.2, -0.15) is 5.26 Å². The number of methoxy groups -OCH3 is 1. The Morgan fingerprint density at radius 1 is 1.25 bits per heavy atom. The van der Waals surface area contributed by atoms with Crippen LogP contribution in [0.4, 0.5) is 20.4 Å². The van der Waals surface area contributed by atoms with Crippen LogP contribution in [0.2, 0.25) is 0 Å². The Hall–Kier alpha value is -3.25. The van der Waals surface area contributed by atoms with Gasteiger partial charge in [0.05, 0.1) is 30.3 Å². The van der Waals surface area contributed by atoms with Crippen LogP contribution in [0.3, 0.4) is 0 Å². The minimum atomic E-state index is -2.68. The van der Waals surface area contributed by atoms with E-state index in [2.05, 4.69) is 34.8 Å². The highest BCUT2D eigenvalue weighted by Crippen LogP contribution is 2.47. The molecule has 0 amide bonds. The summed E-state index contributed by atoms with van der Waals surface area (Å²) in [6, 6.07) is 4.34. The van der Waals surface area contributed by atoms with Gasteiger partial charge in [0.15, 0.2) is 0 Å². The molecule has 36 heavy (non-hydrogen) atoms. The number of anilines is 2. The molecular formula is C27H34F2N6O. The Morgan fingerprint density at radius 2 is 1.94 bits per heavy atom. The first kappa shape index (κ1) is 25.8. The summed E-state index contributed by atoms with van der Waals surface area (Å²) in [6.07, 6.45) is -0.928. The van der Waals surface area contributed by atoms with Crippen molar-refractivity contribution >= 4 is 17.2 Å². The van der Waals surface area contributed by atoms with Gasteiger partial charge < -0.3 is 15.4 Å². The Labute approximate surface area is 211 Å².